The van der Waals surface area contributed by atoms with Crippen molar-refractivity contribution in [2.75, 3.05) is 12.4 Å². The van der Waals surface area contributed by atoms with Crippen LogP contribution in [0.2, 0.25) is 0 Å². The Morgan fingerprint density at radius 2 is 2.29 bits per heavy atom. The first-order valence-corrected chi connectivity index (χ1v) is 3.39. The number of hydrogen-bond acceptors (Lipinski definition) is 3. The third kappa shape index (κ3) is 1.89. The second-order valence-corrected chi connectivity index (χ2v) is 2.50. The van der Waals surface area contributed by atoms with Crippen LogP contribution in [0.4, 0.5) is 0 Å². The molecule has 1 fully saturated rings. The first-order valence-electron chi connectivity index (χ1n) is 2.02. The highest BCUT2D eigenvalue weighted by atomic mass is 32.2. The molecule has 0 saturated carbocycles. The lowest BCUT2D eigenvalue weighted by Gasteiger charge is -1.73. The van der Waals surface area contributed by atoms with Crippen molar-refractivity contribution in [3.63, 3.8) is 0 Å². The minimum absolute atomic E-state index is 0.0288. The summed E-state index contributed by atoms with van der Waals surface area (Å²) in [6.07, 6.45) is 0.0288. The zero-order valence-corrected chi connectivity index (χ0v) is 4.56. The molecular weight excluding hydrogens is 116 g/mol. The molecule has 0 aliphatic carbocycles. The maximum absolute atomic E-state index is 9.81. The molecule has 0 N–H and O–H groups in total. The van der Waals surface area contributed by atoms with Gasteiger partial charge in [-0.15, -0.1) is 0 Å². The number of hydrogen-bond donors (Lipinski definition) is 1. The average molecular weight is 122 g/mol. The number of rotatable bonds is 2. The predicted octanol–water partition coefficient (Wildman–Crippen LogP) is -1.00. The summed E-state index contributed by atoms with van der Waals surface area (Å²) in [5.74, 6) is 0.204. The van der Waals surface area contributed by atoms with Gasteiger partial charge in [0.2, 0.25) is 0 Å². The Balaban J connectivity index is 2.21. The van der Waals surface area contributed by atoms with E-state index in [9.17, 15) is 8.42 Å². The molecule has 1 aliphatic heterocycles. The maximum atomic E-state index is 9.81. The van der Waals surface area contributed by atoms with Crippen LogP contribution in [0.5, 0.6) is 0 Å². The van der Waals surface area contributed by atoms with Gasteiger partial charge in [-0.05, 0) is 0 Å². The van der Waals surface area contributed by atoms with Crippen molar-refractivity contribution in [2.45, 2.75) is 6.10 Å². The lowest BCUT2D eigenvalue weighted by Crippen LogP contribution is -1.94. The summed E-state index contributed by atoms with van der Waals surface area (Å²) in [7, 11) is -2.20. The van der Waals surface area contributed by atoms with Gasteiger partial charge in [0.05, 0.1) is 18.5 Å². The smallest absolute Gasteiger partial charge is 0.142 e. The highest BCUT2D eigenvalue weighted by molar-refractivity contribution is 7.72. The molecule has 0 radical (unpaired) electrons. The molecule has 0 aromatic carbocycles. The molecular formula is C3H6O3S. The Morgan fingerprint density at radius 3 is 2.43 bits per heavy atom. The van der Waals surface area contributed by atoms with Gasteiger partial charge in [-0.25, -0.2) is 8.42 Å². The standard InChI is InChI=1S/C3H6O3S/c4-7(5)2-3-1-6-3/h3,7H,1-2H2. The summed E-state index contributed by atoms with van der Waals surface area (Å²) in [5, 5.41) is 0. The van der Waals surface area contributed by atoms with Crippen LogP contribution in [0, 0.1) is 0 Å². The van der Waals surface area contributed by atoms with Gasteiger partial charge in [-0.1, -0.05) is 0 Å². The van der Waals surface area contributed by atoms with Crippen LogP contribution >= 0.6 is 0 Å². The van der Waals surface area contributed by atoms with E-state index in [4.69, 9.17) is 0 Å². The molecule has 42 valence electrons. The second kappa shape index (κ2) is 1.79. The largest absolute Gasteiger partial charge is 0.372 e. The zero-order valence-electron chi connectivity index (χ0n) is 3.66. The number of epoxide rings is 1. The first-order chi connectivity index (χ1) is 3.29. The van der Waals surface area contributed by atoms with E-state index < -0.39 is 10.7 Å². The van der Waals surface area contributed by atoms with Crippen molar-refractivity contribution >= 4 is 10.7 Å². The van der Waals surface area contributed by atoms with Gasteiger partial charge in [0.25, 0.3) is 0 Å². The van der Waals surface area contributed by atoms with Gasteiger partial charge in [0.15, 0.2) is 0 Å². The van der Waals surface area contributed by atoms with Crippen molar-refractivity contribution in [3.05, 3.63) is 0 Å². The fourth-order valence-corrected chi connectivity index (χ4v) is 0.883. The van der Waals surface area contributed by atoms with Crippen molar-refractivity contribution in [3.8, 4) is 0 Å². The Labute approximate surface area is 43.2 Å². The Morgan fingerprint density at radius 1 is 1.71 bits per heavy atom. The van der Waals surface area contributed by atoms with Gasteiger partial charge < -0.3 is 4.74 Å². The molecule has 4 heteroatoms. The molecule has 0 bridgehead atoms. The SMILES string of the molecule is O=[SH](=O)CC1CO1. The van der Waals surface area contributed by atoms with Crippen LogP contribution in [0.1, 0.15) is 0 Å². The average Bonchev–Trinajstić information content (AvgIpc) is 2.17. The van der Waals surface area contributed by atoms with E-state index in [1.54, 1.807) is 0 Å². The predicted molar refractivity (Wildman–Crippen MR) is 24.9 cm³/mol. The van der Waals surface area contributed by atoms with Crippen LogP contribution in [0.3, 0.4) is 0 Å². The van der Waals surface area contributed by atoms with Gasteiger partial charge >= 0.3 is 0 Å². The van der Waals surface area contributed by atoms with E-state index in [-0.39, 0.29) is 11.9 Å². The summed E-state index contributed by atoms with van der Waals surface area (Å²) < 4.78 is 24.2. The molecule has 1 heterocycles. The number of ether oxygens (including phenoxy) is 1. The third-order valence-corrected chi connectivity index (χ3v) is 1.46. The van der Waals surface area contributed by atoms with Crippen LogP contribution in [-0.2, 0) is 15.4 Å². The van der Waals surface area contributed by atoms with E-state index in [0.29, 0.717) is 6.61 Å². The highest BCUT2D eigenvalue weighted by Crippen LogP contribution is 2.07. The normalized spacial score (nSPS) is 28.4. The van der Waals surface area contributed by atoms with Crippen LogP contribution in [-0.4, -0.2) is 26.9 Å². The highest BCUT2D eigenvalue weighted by Gasteiger charge is 2.22. The lowest BCUT2D eigenvalue weighted by atomic mass is 10.6. The minimum atomic E-state index is -2.20. The van der Waals surface area contributed by atoms with E-state index >= 15 is 0 Å². The van der Waals surface area contributed by atoms with E-state index in [2.05, 4.69) is 4.74 Å². The van der Waals surface area contributed by atoms with E-state index in [1.807, 2.05) is 0 Å². The van der Waals surface area contributed by atoms with Crippen LogP contribution < -0.4 is 0 Å². The minimum Gasteiger partial charge on any atom is -0.372 e. The molecule has 7 heavy (non-hydrogen) atoms. The molecule has 1 atom stereocenters. The molecule has 0 amide bonds. The Bertz CT molecular complexity index is 116. The second-order valence-electron chi connectivity index (χ2n) is 1.47. The molecule has 3 nitrogen and oxygen atoms in total. The summed E-state index contributed by atoms with van der Waals surface area (Å²) in [6.45, 7) is 0.628. The van der Waals surface area contributed by atoms with Crippen molar-refractivity contribution < 1.29 is 13.2 Å². The van der Waals surface area contributed by atoms with Gasteiger partial charge in [-0.2, -0.15) is 0 Å². The lowest BCUT2D eigenvalue weighted by molar-refractivity contribution is 0.423. The summed E-state index contributed by atoms with van der Waals surface area (Å²) in [4.78, 5) is 0. The Kier molecular flexibility index (Phi) is 1.30. The summed E-state index contributed by atoms with van der Waals surface area (Å²) >= 11 is 0. The molecule has 0 aromatic heterocycles. The summed E-state index contributed by atoms with van der Waals surface area (Å²) in [6, 6.07) is 0. The fourth-order valence-electron chi connectivity index (χ4n) is 0.340. The van der Waals surface area contributed by atoms with Gasteiger partial charge in [0, 0.05) is 0 Å². The van der Waals surface area contributed by atoms with Crippen molar-refractivity contribution in [1.29, 1.82) is 0 Å². The summed E-state index contributed by atoms with van der Waals surface area (Å²) in [5.41, 5.74) is 0. The molecule has 1 aliphatic rings. The zero-order chi connectivity index (χ0) is 5.28. The number of thiol groups is 1. The van der Waals surface area contributed by atoms with Crippen molar-refractivity contribution in [1.82, 2.24) is 0 Å². The molecule has 0 aromatic rings. The molecule has 1 saturated heterocycles. The molecule has 0 spiro atoms. The van der Waals surface area contributed by atoms with Crippen molar-refractivity contribution in [2.24, 2.45) is 0 Å². The molecule has 1 rings (SSSR count). The van der Waals surface area contributed by atoms with Gasteiger partial charge in [-0.3, -0.25) is 0 Å². The monoisotopic (exact) mass is 122 g/mol. The van der Waals surface area contributed by atoms with E-state index in [0.717, 1.165) is 0 Å². The maximum Gasteiger partial charge on any atom is 0.142 e. The Hall–Kier alpha value is -0.0900. The quantitative estimate of drug-likeness (QED) is 0.377. The topological polar surface area (TPSA) is 46.7 Å². The third-order valence-electron chi connectivity index (χ3n) is 0.755. The fraction of sp³-hybridized carbons (Fsp3) is 1.00. The van der Waals surface area contributed by atoms with E-state index in [1.165, 1.54) is 0 Å². The van der Waals surface area contributed by atoms with Gasteiger partial charge in [0.1, 0.15) is 10.7 Å². The molecule has 1 unspecified atom stereocenters. The first kappa shape index (κ1) is 5.05. The van der Waals surface area contributed by atoms with Crippen LogP contribution in [0.25, 0.3) is 0 Å². The van der Waals surface area contributed by atoms with Crippen LogP contribution in [0.15, 0.2) is 0 Å².